The summed E-state index contributed by atoms with van der Waals surface area (Å²) >= 11 is 0. The largest absolute Gasteiger partial charge is 0.224 e. The van der Waals surface area contributed by atoms with Gasteiger partial charge >= 0.3 is 0 Å². The van der Waals surface area contributed by atoms with Crippen molar-refractivity contribution in [1.82, 2.24) is 0 Å². The lowest BCUT2D eigenvalue weighted by atomic mass is 10.5. The molecule has 0 saturated carbocycles. The lowest BCUT2D eigenvalue weighted by Gasteiger charge is -2.18. The van der Waals surface area contributed by atoms with Crippen LogP contribution in [0.2, 0.25) is 0 Å². The van der Waals surface area contributed by atoms with Crippen LogP contribution in [-0.4, -0.2) is 27.8 Å². The van der Waals surface area contributed by atoms with Gasteiger partial charge in [0.2, 0.25) is 0 Å². The van der Waals surface area contributed by atoms with Crippen LogP contribution in [0.4, 0.5) is 0 Å². The van der Waals surface area contributed by atoms with E-state index in [-0.39, 0.29) is 17.1 Å². The van der Waals surface area contributed by atoms with Gasteiger partial charge in [0.25, 0.3) is 0 Å². The van der Waals surface area contributed by atoms with Crippen LogP contribution in [0.15, 0.2) is 10.3 Å². The number of rotatable bonds is 1. The van der Waals surface area contributed by atoms with Crippen molar-refractivity contribution in [3.63, 3.8) is 0 Å². The summed E-state index contributed by atoms with van der Waals surface area (Å²) in [6.07, 6.45) is 0.242. The summed E-state index contributed by atoms with van der Waals surface area (Å²) in [5.41, 5.74) is 0. The summed E-state index contributed by atoms with van der Waals surface area (Å²) in [5, 5.41) is 0.0833. The molecule has 4 nitrogen and oxygen atoms in total. The van der Waals surface area contributed by atoms with E-state index in [1.807, 2.05) is 0 Å². The van der Waals surface area contributed by atoms with Crippen LogP contribution < -0.4 is 0 Å². The summed E-state index contributed by atoms with van der Waals surface area (Å²) in [6.45, 7) is 3.06. The minimum Gasteiger partial charge on any atom is -0.224 e. The molecule has 1 heterocycles. The van der Waals surface area contributed by atoms with Gasteiger partial charge in [0.05, 0.1) is 15.9 Å². The Kier molecular flexibility index (Phi) is 2.55. The van der Waals surface area contributed by atoms with Crippen molar-refractivity contribution in [2.75, 3.05) is 5.75 Å². The molecular formula is C7H12O4S2. The summed E-state index contributed by atoms with van der Waals surface area (Å²) in [5.74, 6) is -0.293. The third-order valence-electron chi connectivity index (χ3n) is 2.02. The maximum absolute atomic E-state index is 11.5. The lowest BCUT2D eigenvalue weighted by Crippen LogP contribution is -2.31. The molecule has 0 N–H and O–H groups in total. The monoisotopic (exact) mass is 224 g/mol. The Morgan fingerprint density at radius 2 is 1.92 bits per heavy atom. The predicted octanol–water partition coefficient (Wildman–Crippen LogP) is 0.470. The van der Waals surface area contributed by atoms with Crippen LogP contribution >= 0.6 is 0 Å². The molecule has 0 aromatic heterocycles. The molecule has 13 heavy (non-hydrogen) atoms. The van der Waals surface area contributed by atoms with E-state index in [4.69, 9.17) is 0 Å². The lowest BCUT2D eigenvalue weighted by molar-refractivity contribution is 0.580. The van der Waals surface area contributed by atoms with Crippen LogP contribution in [0.3, 0.4) is 0 Å². The molecule has 1 aliphatic heterocycles. The van der Waals surface area contributed by atoms with Gasteiger partial charge in [-0.2, -0.15) is 0 Å². The zero-order chi connectivity index (χ0) is 10.3. The van der Waals surface area contributed by atoms with E-state index in [1.165, 1.54) is 6.92 Å². The van der Waals surface area contributed by atoms with Gasteiger partial charge in [-0.15, -0.1) is 0 Å². The fourth-order valence-electron chi connectivity index (χ4n) is 1.28. The van der Waals surface area contributed by atoms with E-state index in [2.05, 4.69) is 0 Å². The highest BCUT2D eigenvalue weighted by atomic mass is 32.2. The third-order valence-corrected chi connectivity index (χ3v) is 6.35. The van der Waals surface area contributed by atoms with Gasteiger partial charge in [-0.3, -0.25) is 0 Å². The van der Waals surface area contributed by atoms with Gasteiger partial charge < -0.3 is 0 Å². The summed E-state index contributed by atoms with van der Waals surface area (Å²) in [7, 11) is -6.65. The summed E-state index contributed by atoms with van der Waals surface area (Å²) in [4.78, 5) is 0.0336. The zero-order valence-corrected chi connectivity index (χ0v) is 9.15. The Morgan fingerprint density at radius 3 is 2.38 bits per heavy atom. The predicted molar refractivity (Wildman–Crippen MR) is 50.5 cm³/mol. The number of allylic oxidation sites excluding steroid dienone is 1. The van der Waals surface area contributed by atoms with Crippen molar-refractivity contribution in [2.24, 2.45) is 0 Å². The van der Waals surface area contributed by atoms with Gasteiger partial charge in [0.15, 0.2) is 19.7 Å². The highest BCUT2D eigenvalue weighted by Gasteiger charge is 2.34. The van der Waals surface area contributed by atoms with Crippen LogP contribution in [0.25, 0.3) is 0 Å². The number of hydrogen-bond acceptors (Lipinski definition) is 4. The molecule has 6 heteroatoms. The first-order valence-corrected chi connectivity index (χ1v) is 7.23. The van der Waals surface area contributed by atoms with E-state index in [1.54, 1.807) is 6.92 Å². The first-order valence-electron chi connectivity index (χ1n) is 3.97. The molecule has 0 bridgehead atoms. The minimum absolute atomic E-state index is 0.0336. The first kappa shape index (κ1) is 10.7. The second-order valence-corrected chi connectivity index (χ2v) is 7.44. The molecule has 0 spiro atoms. The van der Waals surface area contributed by atoms with Gasteiger partial charge in [0, 0.05) is 5.41 Å². The average molecular weight is 224 g/mol. The topological polar surface area (TPSA) is 68.3 Å². The molecule has 1 rings (SSSR count). The highest BCUT2D eigenvalue weighted by molar-refractivity contribution is 8.02. The molecule has 0 saturated heterocycles. The van der Waals surface area contributed by atoms with Crippen molar-refractivity contribution in [3.8, 4) is 0 Å². The fraction of sp³-hybridized carbons (Fsp3) is 0.714. The standard InChI is InChI=1S/C7H12O4S2/c1-3-7-5-12(8,9)4-6(2)13(7,10)11/h5-6H,3-4H2,1-2H3. The van der Waals surface area contributed by atoms with Crippen molar-refractivity contribution in [3.05, 3.63) is 10.3 Å². The Balaban J connectivity index is 3.38. The molecule has 1 atom stereocenters. The number of sulfone groups is 2. The van der Waals surface area contributed by atoms with E-state index in [9.17, 15) is 16.8 Å². The fourth-order valence-corrected chi connectivity index (χ4v) is 5.77. The van der Waals surface area contributed by atoms with Gasteiger partial charge in [-0.25, -0.2) is 16.8 Å². The van der Waals surface area contributed by atoms with E-state index in [0.29, 0.717) is 0 Å². The Morgan fingerprint density at radius 1 is 1.38 bits per heavy atom. The van der Waals surface area contributed by atoms with E-state index in [0.717, 1.165) is 5.41 Å². The van der Waals surface area contributed by atoms with Crippen molar-refractivity contribution >= 4 is 19.7 Å². The Hall–Kier alpha value is -0.360. The summed E-state index contributed by atoms with van der Waals surface area (Å²) < 4.78 is 45.4. The van der Waals surface area contributed by atoms with E-state index >= 15 is 0 Å². The highest BCUT2D eigenvalue weighted by Crippen LogP contribution is 2.24. The molecule has 0 amide bonds. The quantitative estimate of drug-likeness (QED) is 0.649. The summed E-state index contributed by atoms with van der Waals surface area (Å²) in [6, 6.07) is 0. The average Bonchev–Trinajstić information content (AvgIpc) is 1.97. The van der Waals surface area contributed by atoms with E-state index < -0.39 is 24.9 Å². The second-order valence-electron chi connectivity index (χ2n) is 3.12. The van der Waals surface area contributed by atoms with Crippen LogP contribution in [0.1, 0.15) is 20.3 Å². The molecule has 0 aliphatic carbocycles. The first-order chi connectivity index (χ1) is 5.79. The van der Waals surface area contributed by atoms with Crippen molar-refractivity contribution in [2.45, 2.75) is 25.5 Å². The number of hydrogen-bond donors (Lipinski definition) is 0. The normalized spacial score (nSPS) is 30.9. The molecular weight excluding hydrogens is 212 g/mol. The Labute approximate surface area is 78.5 Å². The minimum atomic E-state index is -3.34. The Bertz CT molecular complexity index is 427. The SMILES string of the molecule is CCC1=CS(=O)(=O)CC(C)S1(=O)=O. The van der Waals surface area contributed by atoms with Crippen LogP contribution in [0, 0.1) is 0 Å². The van der Waals surface area contributed by atoms with Crippen molar-refractivity contribution in [1.29, 1.82) is 0 Å². The second kappa shape index (κ2) is 3.09. The van der Waals surface area contributed by atoms with Crippen molar-refractivity contribution < 1.29 is 16.8 Å². The molecule has 1 aliphatic rings. The van der Waals surface area contributed by atoms with Crippen LogP contribution in [-0.2, 0) is 19.7 Å². The molecule has 0 aromatic carbocycles. The van der Waals surface area contributed by atoms with Gasteiger partial charge in [0.1, 0.15) is 0 Å². The van der Waals surface area contributed by atoms with Gasteiger partial charge in [-0.05, 0) is 13.3 Å². The molecule has 0 radical (unpaired) electrons. The third kappa shape index (κ3) is 1.94. The molecule has 76 valence electrons. The zero-order valence-electron chi connectivity index (χ0n) is 7.52. The van der Waals surface area contributed by atoms with Crippen LogP contribution in [0.5, 0.6) is 0 Å². The smallest absolute Gasteiger partial charge is 0.178 e. The maximum atomic E-state index is 11.5. The molecule has 0 fully saturated rings. The maximum Gasteiger partial charge on any atom is 0.178 e. The molecule has 1 unspecified atom stereocenters. The molecule has 0 aromatic rings. The van der Waals surface area contributed by atoms with Gasteiger partial charge in [-0.1, -0.05) is 6.92 Å².